The molecule has 1 N–H and O–H groups in total. The van der Waals surface area contributed by atoms with Crippen LogP contribution < -0.4 is 0 Å². The number of aliphatic hydroxyl groups excluding tert-OH is 1. The van der Waals surface area contributed by atoms with E-state index in [4.69, 9.17) is 5.11 Å². The fourth-order valence-electron chi connectivity index (χ4n) is 2.66. The minimum Gasteiger partial charge on any atom is -0.396 e. The first-order valence-corrected chi connectivity index (χ1v) is 9.89. The molecule has 3 aromatic rings. The number of benzene rings is 1. The zero-order valence-electron chi connectivity index (χ0n) is 11.8. The minimum absolute atomic E-state index is 0.173. The molecule has 0 aliphatic carbocycles. The second-order valence-corrected chi connectivity index (χ2v) is 8.17. The highest BCUT2D eigenvalue weighted by molar-refractivity contribution is 8.00. The molecule has 0 spiro atoms. The highest BCUT2D eigenvalue weighted by atomic mass is 32.2. The first-order chi connectivity index (χ1) is 10.9. The van der Waals surface area contributed by atoms with Crippen LogP contribution in [0, 0.1) is 0 Å². The average Bonchev–Trinajstić information content (AvgIpc) is 2.82. The molecular weight excluding hydrogens is 332 g/mol. The summed E-state index contributed by atoms with van der Waals surface area (Å²) in [6.45, 7) is 0.173. The molecule has 4 rings (SSSR count). The summed E-state index contributed by atoms with van der Waals surface area (Å²) in [5, 5.41) is 11.4. The van der Waals surface area contributed by atoms with E-state index in [2.05, 4.69) is 34.2 Å². The van der Waals surface area contributed by atoms with Gasteiger partial charge in [-0.3, -0.25) is 0 Å². The molecule has 1 aliphatic rings. The third-order valence-corrected chi connectivity index (χ3v) is 7.04. The van der Waals surface area contributed by atoms with E-state index in [0.717, 1.165) is 22.9 Å². The van der Waals surface area contributed by atoms with Gasteiger partial charge in [0.05, 0.1) is 17.2 Å². The summed E-state index contributed by atoms with van der Waals surface area (Å²) in [5.41, 5.74) is 2.32. The Morgan fingerprint density at radius 3 is 3.05 bits per heavy atom. The zero-order chi connectivity index (χ0) is 14.9. The minimum atomic E-state index is 0.173. The second-order valence-electron chi connectivity index (χ2n) is 4.93. The smallest absolute Gasteiger partial charge is 0.117 e. The van der Waals surface area contributed by atoms with Gasteiger partial charge in [0, 0.05) is 32.1 Å². The molecule has 0 atom stereocenters. The predicted octanol–water partition coefficient (Wildman–Crippen LogP) is 4.09. The Morgan fingerprint density at radius 1 is 1.23 bits per heavy atom. The summed E-state index contributed by atoms with van der Waals surface area (Å²) in [5.74, 6) is 1.72. The lowest BCUT2D eigenvalue weighted by Gasteiger charge is -2.09. The van der Waals surface area contributed by atoms with E-state index in [0.29, 0.717) is 5.75 Å². The number of fused-ring (bicyclic) bond motifs is 5. The van der Waals surface area contributed by atoms with Gasteiger partial charge in [-0.15, -0.1) is 34.9 Å². The fraction of sp³-hybridized carbons (Fsp3) is 0.250. The van der Waals surface area contributed by atoms with Crippen molar-refractivity contribution in [2.45, 2.75) is 16.3 Å². The van der Waals surface area contributed by atoms with Crippen LogP contribution in [-0.4, -0.2) is 33.2 Å². The first-order valence-electron chi connectivity index (χ1n) is 7.10. The van der Waals surface area contributed by atoms with Gasteiger partial charge < -0.3 is 5.11 Å². The van der Waals surface area contributed by atoms with Crippen LogP contribution in [0.3, 0.4) is 0 Å². The summed E-state index contributed by atoms with van der Waals surface area (Å²) in [7, 11) is 0. The fourth-order valence-corrected chi connectivity index (χ4v) is 6.00. The van der Waals surface area contributed by atoms with Crippen LogP contribution in [0.15, 0.2) is 40.5 Å². The third-order valence-electron chi connectivity index (χ3n) is 3.60. The lowest BCUT2D eigenvalue weighted by molar-refractivity contribution is 0.322. The quantitative estimate of drug-likeness (QED) is 0.572. The monoisotopic (exact) mass is 346 g/mol. The first kappa shape index (κ1) is 14.5. The summed E-state index contributed by atoms with van der Waals surface area (Å²) >= 11 is 5.36. The Morgan fingerprint density at radius 2 is 2.14 bits per heavy atom. The van der Waals surface area contributed by atoms with E-state index >= 15 is 0 Å². The van der Waals surface area contributed by atoms with Gasteiger partial charge in [0.1, 0.15) is 11.4 Å². The average molecular weight is 347 g/mol. The molecule has 2 aromatic heterocycles. The van der Waals surface area contributed by atoms with Crippen molar-refractivity contribution < 1.29 is 5.11 Å². The van der Waals surface area contributed by atoms with Gasteiger partial charge in [0.15, 0.2) is 0 Å². The van der Waals surface area contributed by atoms with E-state index in [-0.39, 0.29) is 6.61 Å². The second kappa shape index (κ2) is 6.20. The van der Waals surface area contributed by atoms with Crippen LogP contribution in [0.2, 0.25) is 0 Å². The number of aromatic nitrogens is 2. The summed E-state index contributed by atoms with van der Waals surface area (Å²) < 4.78 is 1.32. The maximum absolute atomic E-state index is 9.07. The van der Waals surface area contributed by atoms with Crippen molar-refractivity contribution in [3.63, 3.8) is 0 Å². The maximum Gasteiger partial charge on any atom is 0.117 e. The third kappa shape index (κ3) is 2.44. The maximum atomic E-state index is 9.07. The van der Waals surface area contributed by atoms with E-state index in [1.807, 2.05) is 23.1 Å². The SMILES string of the molecule is OCCSc1ncnc2c1CCSc1c-2sc2ccccc12. The van der Waals surface area contributed by atoms with Gasteiger partial charge in [-0.1, -0.05) is 18.2 Å². The summed E-state index contributed by atoms with van der Waals surface area (Å²) in [4.78, 5) is 11.7. The molecule has 3 nitrogen and oxygen atoms in total. The normalized spacial score (nSPS) is 13.7. The molecule has 112 valence electrons. The molecular formula is C16H14N2OS3. The van der Waals surface area contributed by atoms with Gasteiger partial charge in [-0.2, -0.15) is 0 Å². The van der Waals surface area contributed by atoms with Crippen LogP contribution >= 0.6 is 34.9 Å². The number of nitrogens with zero attached hydrogens (tertiary/aromatic N) is 2. The van der Waals surface area contributed by atoms with Gasteiger partial charge >= 0.3 is 0 Å². The van der Waals surface area contributed by atoms with Crippen LogP contribution in [0.4, 0.5) is 0 Å². The molecule has 1 aliphatic heterocycles. The standard InChI is InChI=1S/C16H14N2OS3/c19-6-8-21-16-11-5-7-20-14-10-3-1-2-4-12(10)22-15(14)13(11)17-9-18-16/h1-4,9,19H,5-8H2. The van der Waals surface area contributed by atoms with Crippen molar-refractivity contribution in [2.24, 2.45) is 0 Å². The molecule has 1 aromatic carbocycles. The molecule has 0 radical (unpaired) electrons. The molecule has 0 unspecified atom stereocenters. The van der Waals surface area contributed by atoms with Crippen molar-refractivity contribution in [3.05, 3.63) is 36.2 Å². The molecule has 0 amide bonds. The Balaban J connectivity index is 1.91. The Labute approximate surface area is 141 Å². The number of aliphatic hydroxyl groups is 1. The van der Waals surface area contributed by atoms with Gasteiger partial charge in [0.2, 0.25) is 0 Å². The van der Waals surface area contributed by atoms with Crippen LogP contribution in [0.1, 0.15) is 5.56 Å². The van der Waals surface area contributed by atoms with Crippen molar-refractivity contribution in [1.82, 2.24) is 9.97 Å². The highest BCUT2D eigenvalue weighted by Gasteiger charge is 2.23. The molecule has 0 saturated heterocycles. The predicted molar refractivity (Wildman–Crippen MR) is 95.1 cm³/mol. The van der Waals surface area contributed by atoms with E-state index < -0.39 is 0 Å². The number of hydrogen-bond donors (Lipinski definition) is 1. The molecule has 22 heavy (non-hydrogen) atoms. The lowest BCUT2D eigenvalue weighted by atomic mass is 10.1. The van der Waals surface area contributed by atoms with Crippen molar-refractivity contribution in [2.75, 3.05) is 18.1 Å². The van der Waals surface area contributed by atoms with Crippen molar-refractivity contribution in [3.8, 4) is 10.6 Å². The summed E-state index contributed by atoms with van der Waals surface area (Å²) in [6, 6.07) is 8.57. The van der Waals surface area contributed by atoms with Gasteiger partial charge in [-0.25, -0.2) is 9.97 Å². The molecule has 3 heterocycles. The van der Waals surface area contributed by atoms with E-state index in [1.54, 1.807) is 18.1 Å². The molecule has 0 saturated carbocycles. The number of rotatable bonds is 3. The number of hydrogen-bond acceptors (Lipinski definition) is 6. The Bertz CT molecular complexity index is 831. The van der Waals surface area contributed by atoms with Crippen molar-refractivity contribution >= 4 is 44.9 Å². The van der Waals surface area contributed by atoms with Crippen molar-refractivity contribution in [1.29, 1.82) is 0 Å². The van der Waals surface area contributed by atoms with Crippen LogP contribution in [0.5, 0.6) is 0 Å². The number of thioether (sulfide) groups is 2. The van der Waals surface area contributed by atoms with Crippen LogP contribution in [-0.2, 0) is 6.42 Å². The molecule has 0 fully saturated rings. The Hall–Kier alpha value is -1.08. The summed E-state index contributed by atoms with van der Waals surface area (Å²) in [6.07, 6.45) is 2.63. The zero-order valence-corrected chi connectivity index (χ0v) is 14.2. The van der Waals surface area contributed by atoms with E-state index in [9.17, 15) is 0 Å². The topological polar surface area (TPSA) is 46.0 Å². The van der Waals surface area contributed by atoms with Gasteiger partial charge in [-0.05, 0) is 12.5 Å². The van der Waals surface area contributed by atoms with Crippen LogP contribution in [0.25, 0.3) is 20.7 Å². The van der Waals surface area contributed by atoms with E-state index in [1.165, 1.54) is 25.4 Å². The lowest BCUT2D eigenvalue weighted by Crippen LogP contribution is -1.99. The highest BCUT2D eigenvalue weighted by Crippen LogP contribution is 2.47. The largest absolute Gasteiger partial charge is 0.396 e. The molecule has 0 bridgehead atoms. The van der Waals surface area contributed by atoms with Gasteiger partial charge in [0.25, 0.3) is 0 Å². The molecule has 6 heteroatoms. The Kier molecular flexibility index (Phi) is 4.09. The number of thiophene rings is 1.